The van der Waals surface area contributed by atoms with Crippen LogP contribution in [0.4, 0.5) is 8.78 Å². The zero-order valence-electron chi connectivity index (χ0n) is 7.23. The van der Waals surface area contributed by atoms with Crippen molar-refractivity contribution in [3.63, 3.8) is 0 Å². The molecule has 0 bridgehead atoms. The molecule has 1 saturated carbocycles. The van der Waals surface area contributed by atoms with Gasteiger partial charge in [0.05, 0.1) is 6.04 Å². The van der Waals surface area contributed by atoms with Gasteiger partial charge in [-0.25, -0.2) is 8.78 Å². The van der Waals surface area contributed by atoms with E-state index in [4.69, 9.17) is 0 Å². The maximum Gasteiger partial charge on any atom is 0.263 e. The summed E-state index contributed by atoms with van der Waals surface area (Å²) in [6, 6.07) is -0.419. The Hall–Kier alpha value is -0.180. The van der Waals surface area contributed by atoms with E-state index >= 15 is 0 Å². The van der Waals surface area contributed by atoms with E-state index in [0.29, 0.717) is 6.42 Å². The van der Waals surface area contributed by atoms with Gasteiger partial charge in [-0.05, 0) is 32.4 Å². The van der Waals surface area contributed by atoms with Crippen molar-refractivity contribution in [3.8, 4) is 0 Å². The van der Waals surface area contributed by atoms with Crippen molar-refractivity contribution in [1.29, 1.82) is 0 Å². The maximum absolute atomic E-state index is 12.9. The van der Waals surface area contributed by atoms with E-state index in [9.17, 15) is 8.78 Å². The Labute approximate surface area is 71.7 Å². The number of nitrogens with zero attached hydrogens (tertiary/aromatic N) is 1. The summed E-state index contributed by atoms with van der Waals surface area (Å²) >= 11 is 0. The molecular formula is C9H15F2N. The quantitative estimate of drug-likeness (QED) is 0.591. The molecule has 2 aliphatic rings. The number of rotatable bonds is 1. The van der Waals surface area contributed by atoms with Crippen LogP contribution in [-0.2, 0) is 0 Å². The summed E-state index contributed by atoms with van der Waals surface area (Å²) in [5.41, 5.74) is 0. The summed E-state index contributed by atoms with van der Waals surface area (Å²) in [6.45, 7) is 1.78. The van der Waals surface area contributed by atoms with E-state index in [1.54, 1.807) is 0 Å². The third-order valence-corrected chi connectivity index (χ3v) is 3.07. The van der Waals surface area contributed by atoms with Crippen molar-refractivity contribution in [2.45, 2.75) is 44.1 Å². The first kappa shape index (κ1) is 8.42. The van der Waals surface area contributed by atoms with Crippen LogP contribution >= 0.6 is 0 Å². The second kappa shape index (κ2) is 2.95. The van der Waals surface area contributed by atoms with Crippen LogP contribution in [0.25, 0.3) is 0 Å². The molecule has 1 unspecified atom stereocenters. The topological polar surface area (TPSA) is 3.24 Å². The predicted molar refractivity (Wildman–Crippen MR) is 43.4 cm³/mol. The lowest BCUT2D eigenvalue weighted by atomic mass is 9.85. The van der Waals surface area contributed by atoms with Gasteiger partial charge in [0.1, 0.15) is 0 Å². The van der Waals surface area contributed by atoms with Gasteiger partial charge in [0, 0.05) is 6.42 Å². The largest absolute Gasteiger partial charge is 0.295 e. The highest BCUT2D eigenvalue weighted by molar-refractivity contribution is 4.96. The second-order valence-electron chi connectivity index (χ2n) is 3.91. The summed E-state index contributed by atoms with van der Waals surface area (Å²) in [5, 5.41) is 0. The van der Waals surface area contributed by atoms with Crippen LogP contribution in [-0.4, -0.2) is 30.0 Å². The third kappa shape index (κ3) is 1.35. The maximum atomic E-state index is 12.9. The smallest absolute Gasteiger partial charge is 0.263 e. The molecule has 0 radical (unpaired) electrons. The summed E-state index contributed by atoms with van der Waals surface area (Å²) in [6.07, 6.45) is 4.23. The van der Waals surface area contributed by atoms with Gasteiger partial charge in [0.25, 0.3) is 5.92 Å². The summed E-state index contributed by atoms with van der Waals surface area (Å²) in [5.74, 6) is -2.38. The van der Waals surface area contributed by atoms with Gasteiger partial charge in [0.2, 0.25) is 0 Å². The Bertz CT molecular complexity index is 164. The summed E-state index contributed by atoms with van der Waals surface area (Å²) < 4.78 is 25.9. The van der Waals surface area contributed by atoms with E-state index in [0.717, 1.165) is 25.9 Å². The fourth-order valence-corrected chi connectivity index (χ4v) is 2.17. The first-order valence-corrected chi connectivity index (χ1v) is 4.82. The van der Waals surface area contributed by atoms with Crippen molar-refractivity contribution in [2.75, 3.05) is 13.1 Å². The summed E-state index contributed by atoms with van der Waals surface area (Å²) in [4.78, 5) is 1.98. The van der Waals surface area contributed by atoms with Crippen molar-refractivity contribution in [2.24, 2.45) is 0 Å². The van der Waals surface area contributed by atoms with E-state index in [1.807, 2.05) is 4.90 Å². The molecule has 2 rings (SSSR count). The number of likely N-dealkylation sites (tertiary alicyclic amines) is 1. The number of halogens is 2. The molecule has 0 spiro atoms. The first-order chi connectivity index (χ1) is 5.70. The average molecular weight is 175 g/mol. The minimum atomic E-state index is -2.38. The highest BCUT2D eigenvalue weighted by atomic mass is 19.3. The van der Waals surface area contributed by atoms with Gasteiger partial charge in [-0.3, -0.25) is 4.90 Å². The van der Waals surface area contributed by atoms with Gasteiger partial charge in [-0.15, -0.1) is 0 Å². The highest BCUT2D eigenvalue weighted by Crippen LogP contribution is 2.41. The van der Waals surface area contributed by atoms with Gasteiger partial charge < -0.3 is 0 Å². The fraction of sp³-hybridized carbons (Fsp3) is 1.00. The van der Waals surface area contributed by atoms with E-state index < -0.39 is 12.0 Å². The van der Waals surface area contributed by atoms with Crippen LogP contribution in [0.5, 0.6) is 0 Å². The SMILES string of the molecule is FC1(F)CCC1N1CCCCC1. The zero-order chi connectivity index (χ0) is 8.60. The molecule has 3 heteroatoms. The van der Waals surface area contributed by atoms with Crippen LogP contribution in [0.2, 0.25) is 0 Å². The molecule has 0 aromatic heterocycles. The molecule has 12 heavy (non-hydrogen) atoms. The van der Waals surface area contributed by atoms with Crippen molar-refractivity contribution < 1.29 is 8.78 Å². The minimum absolute atomic E-state index is 0.105. The molecule has 1 atom stereocenters. The first-order valence-electron chi connectivity index (χ1n) is 4.82. The Kier molecular flexibility index (Phi) is 2.07. The normalized spacial score (nSPS) is 36.0. The lowest BCUT2D eigenvalue weighted by molar-refractivity contribution is -0.152. The fourth-order valence-electron chi connectivity index (χ4n) is 2.17. The van der Waals surface area contributed by atoms with Gasteiger partial charge in [-0.1, -0.05) is 6.42 Å². The highest BCUT2D eigenvalue weighted by Gasteiger charge is 2.51. The molecule has 1 heterocycles. The molecule has 0 N–H and O–H groups in total. The standard InChI is InChI=1S/C9H15F2N/c10-9(11)5-4-8(9)12-6-2-1-3-7-12/h8H,1-7H2. The monoisotopic (exact) mass is 175 g/mol. The van der Waals surface area contributed by atoms with Crippen molar-refractivity contribution >= 4 is 0 Å². The van der Waals surface area contributed by atoms with Crippen LogP contribution in [0.15, 0.2) is 0 Å². The van der Waals surface area contributed by atoms with E-state index in [-0.39, 0.29) is 6.42 Å². The molecule has 0 aromatic rings. The second-order valence-corrected chi connectivity index (χ2v) is 3.91. The number of piperidine rings is 1. The summed E-state index contributed by atoms with van der Waals surface area (Å²) in [7, 11) is 0. The molecule has 1 aliphatic heterocycles. The van der Waals surface area contributed by atoms with E-state index in [2.05, 4.69) is 0 Å². The van der Waals surface area contributed by atoms with Gasteiger partial charge >= 0.3 is 0 Å². The molecule has 1 saturated heterocycles. The number of hydrogen-bond donors (Lipinski definition) is 0. The van der Waals surface area contributed by atoms with Gasteiger partial charge in [0.15, 0.2) is 0 Å². The Morgan fingerprint density at radius 2 is 1.75 bits per heavy atom. The van der Waals surface area contributed by atoms with Crippen LogP contribution in [0.3, 0.4) is 0 Å². The molecule has 0 aromatic carbocycles. The third-order valence-electron chi connectivity index (χ3n) is 3.07. The van der Waals surface area contributed by atoms with Crippen LogP contribution in [0, 0.1) is 0 Å². The Balaban J connectivity index is 1.91. The van der Waals surface area contributed by atoms with Gasteiger partial charge in [-0.2, -0.15) is 0 Å². The lowest BCUT2D eigenvalue weighted by Gasteiger charge is -2.45. The molecular weight excluding hydrogens is 160 g/mol. The Morgan fingerprint density at radius 1 is 1.08 bits per heavy atom. The van der Waals surface area contributed by atoms with Crippen molar-refractivity contribution in [1.82, 2.24) is 4.90 Å². The average Bonchev–Trinajstić information content (AvgIpc) is 2.05. The van der Waals surface area contributed by atoms with Crippen LogP contribution < -0.4 is 0 Å². The number of hydrogen-bond acceptors (Lipinski definition) is 1. The molecule has 0 amide bonds. The molecule has 1 nitrogen and oxygen atoms in total. The molecule has 1 aliphatic carbocycles. The molecule has 2 fully saturated rings. The van der Waals surface area contributed by atoms with E-state index in [1.165, 1.54) is 6.42 Å². The van der Waals surface area contributed by atoms with Crippen molar-refractivity contribution in [3.05, 3.63) is 0 Å². The lowest BCUT2D eigenvalue weighted by Crippen LogP contribution is -2.56. The molecule has 70 valence electrons. The number of alkyl halides is 2. The predicted octanol–water partition coefficient (Wildman–Crippen LogP) is 2.27. The zero-order valence-corrected chi connectivity index (χ0v) is 7.23. The van der Waals surface area contributed by atoms with Crippen LogP contribution in [0.1, 0.15) is 32.1 Å². The minimum Gasteiger partial charge on any atom is -0.295 e. The Morgan fingerprint density at radius 3 is 2.17 bits per heavy atom.